The number of fused-ring (bicyclic) bond motifs is 2. The van der Waals surface area contributed by atoms with Gasteiger partial charge in [0.1, 0.15) is 5.52 Å². The van der Waals surface area contributed by atoms with Crippen molar-refractivity contribution in [2.45, 2.75) is 13.3 Å². The van der Waals surface area contributed by atoms with Crippen molar-refractivity contribution < 1.29 is 4.42 Å². The Morgan fingerprint density at radius 3 is 3.05 bits per heavy atom. The lowest BCUT2D eigenvalue weighted by molar-refractivity contribution is 0.619. The summed E-state index contributed by atoms with van der Waals surface area (Å²) in [6.07, 6.45) is 1.10. The third-order valence-electron chi connectivity index (χ3n) is 3.61. The molecule has 4 rings (SSSR count). The first-order valence-corrected chi connectivity index (χ1v) is 6.54. The number of aromatic nitrogens is 1. The lowest BCUT2D eigenvalue weighted by atomic mass is 10.1. The number of rotatable bonds is 1. The van der Waals surface area contributed by atoms with Crippen LogP contribution in [0.2, 0.25) is 0 Å². The van der Waals surface area contributed by atoms with Crippen LogP contribution in [0.1, 0.15) is 11.1 Å². The fourth-order valence-electron chi connectivity index (χ4n) is 2.58. The molecule has 1 aromatic heterocycles. The van der Waals surface area contributed by atoms with Crippen LogP contribution in [0, 0.1) is 6.92 Å². The van der Waals surface area contributed by atoms with Crippen LogP contribution in [0.25, 0.3) is 22.6 Å². The molecule has 0 saturated heterocycles. The Morgan fingerprint density at radius 1 is 1.16 bits per heavy atom. The minimum absolute atomic E-state index is 0.692. The van der Waals surface area contributed by atoms with Crippen LogP contribution >= 0.6 is 0 Å². The second kappa shape index (κ2) is 3.85. The fourth-order valence-corrected chi connectivity index (χ4v) is 2.58. The summed E-state index contributed by atoms with van der Waals surface area (Å²) in [4.78, 5) is 4.56. The molecule has 3 nitrogen and oxygen atoms in total. The van der Waals surface area contributed by atoms with Crippen molar-refractivity contribution in [2.24, 2.45) is 0 Å². The van der Waals surface area contributed by atoms with Crippen molar-refractivity contribution >= 4 is 16.8 Å². The maximum Gasteiger partial charge on any atom is 0.227 e. The van der Waals surface area contributed by atoms with Gasteiger partial charge in [-0.15, -0.1) is 0 Å². The van der Waals surface area contributed by atoms with Crippen molar-refractivity contribution in [3.05, 3.63) is 47.5 Å². The molecule has 0 unspecified atom stereocenters. The smallest absolute Gasteiger partial charge is 0.227 e. The van der Waals surface area contributed by atoms with E-state index in [1.165, 1.54) is 16.8 Å². The van der Waals surface area contributed by atoms with E-state index in [4.69, 9.17) is 4.42 Å². The molecule has 2 aromatic carbocycles. The molecule has 0 spiro atoms. The predicted octanol–water partition coefficient (Wildman–Crippen LogP) is 3.77. The van der Waals surface area contributed by atoms with Crippen LogP contribution < -0.4 is 5.32 Å². The van der Waals surface area contributed by atoms with E-state index < -0.39 is 0 Å². The quantitative estimate of drug-likeness (QED) is 0.714. The Balaban J connectivity index is 1.85. The monoisotopic (exact) mass is 250 g/mol. The van der Waals surface area contributed by atoms with Gasteiger partial charge in [-0.25, -0.2) is 4.98 Å². The molecule has 19 heavy (non-hydrogen) atoms. The summed E-state index contributed by atoms with van der Waals surface area (Å²) in [6.45, 7) is 3.08. The molecular formula is C16H14N2O. The molecule has 3 aromatic rings. The Bertz CT molecular complexity index is 774. The van der Waals surface area contributed by atoms with Gasteiger partial charge < -0.3 is 9.73 Å². The summed E-state index contributed by atoms with van der Waals surface area (Å²) >= 11 is 0. The molecule has 1 N–H and O–H groups in total. The molecule has 0 amide bonds. The highest BCUT2D eigenvalue weighted by Gasteiger charge is 2.13. The molecule has 0 saturated carbocycles. The van der Waals surface area contributed by atoms with Crippen LogP contribution in [-0.4, -0.2) is 11.5 Å². The zero-order chi connectivity index (χ0) is 12.8. The van der Waals surface area contributed by atoms with Gasteiger partial charge in [0.15, 0.2) is 5.58 Å². The molecule has 1 aliphatic heterocycles. The van der Waals surface area contributed by atoms with Crippen LogP contribution in [0.3, 0.4) is 0 Å². The van der Waals surface area contributed by atoms with Gasteiger partial charge in [-0.1, -0.05) is 12.1 Å². The van der Waals surface area contributed by atoms with E-state index in [9.17, 15) is 0 Å². The molecule has 1 aliphatic rings. The van der Waals surface area contributed by atoms with Gasteiger partial charge in [-0.3, -0.25) is 0 Å². The fraction of sp³-hybridized carbons (Fsp3) is 0.188. The van der Waals surface area contributed by atoms with Gasteiger partial charge in [0.05, 0.1) is 0 Å². The Hall–Kier alpha value is -2.29. The first-order chi connectivity index (χ1) is 9.29. The summed E-state index contributed by atoms with van der Waals surface area (Å²) in [5.41, 5.74) is 6.55. The summed E-state index contributed by atoms with van der Waals surface area (Å²) in [6, 6.07) is 12.5. The third kappa shape index (κ3) is 1.70. The molecule has 2 heterocycles. The van der Waals surface area contributed by atoms with Crippen LogP contribution in [0.5, 0.6) is 0 Å². The largest absolute Gasteiger partial charge is 0.436 e. The van der Waals surface area contributed by atoms with Crippen molar-refractivity contribution in [3.63, 3.8) is 0 Å². The lowest BCUT2D eigenvalue weighted by Crippen LogP contribution is -1.91. The third-order valence-corrected chi connectivity index (χ3v) is 3.61. The van der Waals surface area contributed by atoms with Crippen LogP contribution in [0.15, 0.2) is 40.8 Å². The van der Waals surface area contributed by atoms with E-state index in [2.05, 4.69) is 41.5 Å². The molecule has 0 aliphatic carbocycles. The van der Waals surface area contributed by atoms with E-state index in [0.717, 1.165) is 29.6 Å². The average molecular weight is 250 g/mol. The van der Waals surface area contributed by atoms with Gasteiger partial charge >= 0.3 is 0 Å². The van der Waals surface area contributed by atoms with Crippen molar-refractivity contribution in [1.82, 2.24) is 4.98 Å². The van der Waals surface area contributed by atoms with Crippen LogP contribution in [-0.2, 0) is 6.42 Å². The second-order valence-corrected chi connectivity index (χ2v) is 5.04. The summed E-state index contributed by atoms with van der Waals surface area (Å²) < 4.78 is 5.86. The van der Waals surface area contributed by atoms with Gasteiger partial charge in [-0.2, -0.15) is 0 Å². The molecular weight excluding hydrogens is 236 g/mol. The Labute approximate surface area is 111 Å². The van der Waals surface area contributed by atoms with Crippen LogP contribution in [0.4, 0.5) is 5.69 Å². The summed E-state index contributed by atoms with van der Waals surface area (Å²) in [7, 11) is 0. The van der Waals surface area contributed by atoms with Gasteiger partial charge in [0.25, 0.3) is 0 Å². The maximum absolute atomic E-state index is 5.86. The number of aryl methyl sites for hydroxylation is 1. The molecule has 94 valence electrons. The highest BCUT2D eigenvalue weighted by molar-refractivity contribution is 5.78. The topological polar surface area (TPSA) is 38.1 Å². The van der Waals surface area contributed by atoms with E-state index in [1.807, 2.05) is 12.1 Å². The van der Waals surface area contributed by atoms with Crippen molar-refractivity contribution in [3.8, 4) is 11.5 Å². The molecule has 0 atom stereocenters. The normalized spacial score (nSPS) is 13.5. The SMILES string of the molecule is Cc1ccc2nc(-c3ccc4c(c3)NCC4)oc2c1. The number of hydrogen-bond acceptors (Lipinski definition) is 3. The zero-order valence-electron chi connectivity index (χ0n) is 10.7. The molecule has 0 bridgehead atoms. The highest BCUT2D eigenvalue weighted by atomic mass is 16.3. The lowest BCUT2D eigenvalue weighted by Gasteiger charge is -2.01. The number of anilines is 1. The number of oxazole rings is 1. The zero-order valence-corrected chi connectivity index (χ0v) is 10.7. The van der Waals surface area contributed by atoms with Gasteiger partial charge in [0.2, 0.25) is 5.89 Å². The van der Waals surface area contributed by atoms with E-state index in [0.29, 0.717) is 5.89 Å². The first-order valence-electron chi connectivity index (χ1n) is 6.54. The van der Waals surface area contributed by atoms with Crippen molar-refractivity contribution in [2.75, 3.05) is 11.9 Å². The van der Waals surface area contributed by atoms with Gasteiger partial charge in [-0.05, 0) is 48.7 Å². The summed E-state index contributed by atoms with van der Waals surface area (Å²) in [5, 5.41) is 3.38. The number of nitrogens with one attached hydrogen (secondary N) is 1. The van der Waals surface area contributed by atoms with E-state index >= 15 is 0 Å². The number of hydrogen-bond donors (Lipinski definition) is 1. The standard InChI is InChI=1S/C16H14N2O/c1-10-2-5-13-15(8-10)19-16(18-13)12-4-3-11-6-7-17-14(11)9-12/h2-5,8-9,17H,6-7H2,1H3. The minimum atomic E-state index is 0.692. The number of nitrogens with zero attached hydrogens (tertiary/aromatic N) is 1. The van der Waals surface area contributed by atoms with E-state index in [-0.39, 0.29) is 0 Å². The molecule has 0 fully saturated rings. The van der Waals surface area contributed by atoms with E-state index in [1.54, 1.807) is 0 Å². The highest BCUT2D eigenvalue weighted by Crippen LogP contribution is 2.30. The Morgan fingerprint density at radius 2 is 2.11 bits per heavy atom. The molecule has 0 radical (unpaired) electrons. The summed E-state index contributed by atoms with van der Waals surface area (Å²) in [5.74, 6) is 0.692. The first kappa shape index (κ1) is 10.6. The Kier molecular flexibility index (Phi) is 2.15. The number of benzene rings is 2. The van der Waals surface area contributed by atoms with Crippen molar-refractivity contribution in [1.29, 1.82) is 0 Å². The average Bonchev–Trinajstić information content (AvgIpc) is 3.02. The maximum atomic E-state index is 5.86. The molecule has 3 heteroatoms. The second-order valence-electron chi connectivity index (χ2n) is 5.04. The minimum Gasteiger partial charge on any atom is -0.436 e. The predicted molar refractivity (Wildman–Crippen MR) is 76.4 cm³/mol. The van der Waals surface area contributed by atoms with Gasteiger partial charge in [0, 0.05) is 17.8 Å².